The number of hydrogen-bond acceptors (Lipinski definition) is 4. The molecule has 0 fully saturated rings. The first kappa shape index (κ1) is 10.6. The second-order valence-corrected chi connectivity index (χ2v) is 4.65. The molecular formula is C9H7FN2O3S. The summed E-state index contributed by atoms with van der Waals surface area (Å²) in [7, 11) is -3.72. The number of hydrogen-bond donors (Lipinski definition) is 1. The Morgan fingerprint density at radius 2 is 1.94 bits per heavy atom. The first-order valence-electron chi connectivity index (χ1n) is 4.26. The van der Waals surface area contributed by atoms with Gasteiger partial charge >= 0.3 is 0 Å². The maximum absolute atomic E-state index is 12.6. The third-order valence-corrected chi connectivity index (χ3v) is 3.21. The van der Waals surface area contributed by atoms with Crippen LogP contribution in [0.3, 0.4) is 0 Å². The van der Waals surface area contributed by atoms with Gasteiger partial charge in [0.1, 0.15) is 17.8 Å². The molecule has 0 spiro atoms. The maximum atomic E-state index is 12.6. The number of aromatic nitrogens is 1. The molecule has 0 unspecified atom stereocenters. The van der Waals surface area contributed by atoms with Gasteiger partial charge in [-0.05, 0) is 24.3 Å². The van der Waals surface area contributed by atoms with E-state index in [1.165, 1.54) is 18.3 Å². The second-order valence-electron chi connectivity index (χ2n) is 2.97. The SMILES string of the molecule is O=S(=O)(Nc1cnoc1)c1ccc(F)cc1. The van der Waals surface area contributed by atoms with Gasteiger partial charge in [-0.3, -0.25) is 4.72 Å². The monoisotopic (exact) mass is 242 g/mol. The van der Waals surface area contributed by atoms with Crippen LogP contribution in [-0.4, -0.2) is 13.6 Å². The highest BCUT2D eigenvalue weighted by Gasteiger charge is 2.14. The van der Waals surface area contributed by atoms with Crippen molar-refractivity contribution in [1.82, 2.24) is 5.16 Å². The maximum Gasteiger partial charge on any atom is 0.262 e. The van der Waals surface area contributed by atoms with E-state index in [-0.39, 0.29) is 10.6 Å². The van der Waals surface area contributed by atoms with Crippen LogP contribution in [0.5, 0.6) is 0 Å². The van der Waals surface area contributed by atoms with Crippen LogP contribution >= 0.6 is 0 Å². The van der Waals surface area contributed by atoms with Gasteiger partial charge in [0, 0.05) is 0 Å². The molecule has 1 aromatic carbocycles. The van der Waals surface area contributed by atoms with E-state index in [0.717, 1.165) is 18.4 Å². The van der Waals surface area contributed by atoms with Crippen molar-refractivity contribution in [2.24, 2.45) is 0 Å². The summed E-state index contributed by atoms with van der Waals surface area (Å²) in [5.41, 5.74) is 0.212. The molecule has 0 radical (unpaired) electrons. The van der Waals surface area contributed by atoms with Gasteiger partial charge in [0.2, 0.25) is 0 Å². The van der Waals surface area contributed by atoms with Gasteiger partial charge < -0.3 is 4.52 Å². The summed E-state index contributed by atoms with van der Waals surface area (Å²) >= 11 is 0. The Labute approximate surface area is 90.9 Å². The fourth-order valence-corrected chi connectivity index (χ4v) is 2.11. The van der Waals surface area contributed by atoms with Crippen molar-refractivity contribution >= 4 is 15.7 Å². The van der Waals surface area contributed by atoms with E-state index in [2.05, 4.69) is 14.4 Å². The summed E-state index contributed by atoms with van der Waals surface area (Å²) in [6.07, 6.45) is 2.38. The molecule has 0 saturated heterocycles. The Morgan fingerprint density at radius 1 is 1.25 bits per heavy atom. The average molecular weight is 242 g/mol. The zero-order valence-electron chi connectivity index (χ0n) is 7.92. The topological polar surface area (TPSA) is 72.2 Å². The van der Waals surface area contributed by atoms with Crippen LogP contribution < -0.4 is 4.72 Å². The van der Waals surface area contributed by atoms with Gasteiger partial charge in [0.25, 0.3) is 10.0 Å². The Morgan fingerprint density at radius 3 is 2.50 bits per heavy atom. The summed E-state index contributed by atoms with van der Waals surface area (Å²) in [6.45, 7) is 0. The molecule has 1 aromatic heterocycles. The van der Waals surface area contributed by atoms with Gasteiger partial charge in [0.05, 0.1) is 11.1 Å². The first-order chi connectivity index (χ1) is 7.58. The third-order valence-electron chi connectivity index (χ3n) is 1.81. The van der Waals surface area contributed by atoms with Crippen molar-refractivity contribution in [3.8, 4) is 0 Å². The summed E-state index contributed by atoms with van der Waals surface area (Å²) in [4.78, 5) is -0.0323. The molecule has 84 valence electrons. The molecule has 0 amide bonds. The van der Waals surface area contributed by atoms with E-state index in [1.807, 2.05) is 0 Å². The standard InChI is InChI=1S/C9H7FN2O3S/c10-7-1-3-9(4-2-7)16(13,14)12-8-5-11-15-6-8/h1-6,12H. The fraction of sp³-hybridized carbons (Fsp3) is 0. The number of benzene rings is 1. The summed E-state index contributed by atoms with van der Waals surface area (Å²) in [5, 5.41) is 3.35. The largest absolute Gasteiger partial charge is 0.362 e. The highest BCUT2D eigenvalue weighted by Crippen LogP contribution is 2.15. The van der Waals surface area contributed by atoms with Crippen LogP contribution in [0.1, 0.15) is 0 Å². The molecule has 5 nitrogen and oxygen atoms in total. The van der Waals surface area contributed by atoms with Gasteiger partial charge in [-0.2, -0.15) is 0 Å². The van der Waals surface area contributed by atoms with Gasteiger partial charge in [-0.1, -0.05) is 5.16 Å². The molecule has 2 aromatic rings. The quantitative estimate of drug-likeness (QED) is 0.887. The highest BCUT2D eigenvalue weighted by molar-refractivity contribution is 7.92. The van der Waals surface area contributed by atoms with Crippen LogP contribution in [0, 0.1) is 5.82 Å². The Bertz CT molecular complexity index is 563. The lowest BCUT2D eigenvalue weighted by atomic mass is 10.4. The van der Waals surface area contributed by atoms with Crippen molar-refractivity contribution < 1.29 is 17.3 Å². The predicted octanol–water partition coefficient (Wildman–Crippen LogP) is 1.61. The molecule has 16 heavy (non-hydrogen) atoms. The smallest absolute Gasteiger partial charge is 0.262 e. The van der Waals surface area contributed by atoms with Gasteiger partial charge in [0.15, 0.2) is 0 Å². The van der Waals surface area contributed by atoms with Crippen LogP contribution in [0.15, 0.2) is 46.1 Å². The molecule has 0 aliphatic heterocycles. The van der Waals surface area contributed by atoms with Crippen molar-refractivity contribution in [2.45, 2.75) is 4.90 Å². The number of halogens is 1. The van der Waals surface area contributed by atoms with Crippen LogP contribution in [0.4, 0.5) is 10.1 Å². The number of nitrogens with one attached hydrogen (secondary N) is 1. The van der Waals surface area contributed by atoms with E-state index in [1.54, 1.807) is 0 Å². The lowest BCUT2D eigenvalue weighted by Gasteiger charge is -2.04. The van der Waals surface area contributed by atoms with Crippen LogP contribution in [0.25, 0.3) is 0 Å². The summed E-state index contributed by atoms with van der Waals surface area (Å²) in [6, 6.07) is 4.49. The first-order valence-corrected chi connectivity index (χ1v) is 5.74. The minimum atomic E-state index is -3.72. The number of nitrogens with zero attached hydrogens (tertiary/aromatic N) is 1. The molecular weight excluding hydrogens is 235 g/mol. The van der Waals surface area contributed by atoms with Crippen molar-refractivity contribution in [2.75, 3.05) is 4.72 Å². The molecule has 2 rings (SSSR count). The zero-order valence-corrected chi connectivity index (χ0v) is 8.74. The number of anilines is 1. The normalized spacial score (nSPS) is 11.3. The third kappa shape index (κ3) is 2.19. The minimum absolute atomic E-state index is 0.0323. The average Bonchev–Trinajstić information content (AvgIpc) is 2.70. The second kappa shape index (κ2) is 3.93. The lowest BCUT2D eigenvalue weighted by molar-refractivity contribution is 0.420. The summed E-state index contributed by atoms with van der Waals surface area (Å²) in [5.74, 6) is -0.496. The molecule has 1 N–H and O–H groups in total. The lowest BCUT2D eigenvalue weighted by Crippen LogP contribution is -2.12. The number of rotatable bonds is 3. The molecule has 0 aliphatic carbocycles. The highest BCUT2D eigenvalue weighted by atomic mass is 32.2. The van der Waals surface area contributed by atoms with E-state index >= 15 is 0 Å². The predicted molar refractivity (Wildman–Crippen MR) is 53.7 cm³/mol. The summed E-state index contributed by atoms with van der Waals surface area (Å²) < 4.78 is 42.7. The Hall–Kier alpha value is -1.89. The zero-order chi connectivity index (χ0) is 11.6. The molecule has 0 saturated carbocycles. The Balaban J connectivity index is 2.29. The van der Waals surface area contributed by atoms with E-state index < -0.39 is 15.8 Å². The Kier molecular flexibility index (Phi) is 2.61. The molecule has 0 bridgehead atoms. The van der Waals surface area contributed by atoms with Crippen molar-refractivity contribution in [3.05, 3.63) is 42.5 Å². The van der Waals surface area contributed by atoms with Gasteiger partial charge in [-0.25, -0.2) is 12.8 Å². The molecule has 0 atom stereocenters. The van der Waals surface area contributed by atoms with Crippen LogP contribution in [-0.2, 0) is 10.0 Å². The molecule has 1 heterocycles. The minimum Gasteiger partial charge on any atom is -0.362 e. The van der Waals surface area contributed by atoms with Gasteiger partial charge in [-0.15, -0.1) is 0 Å². The van der Waals surface area contributed by atoms with Crippen molar-refractivity contribution in [3.63, 3.8) is 0 Å². The van der Waals surface area contributed by atoms with E-state index in [4.69, 9.17) is 0 Å². The van der Waals surface area contributed by atoms with E-state index in [0.29, 0.717) is 0 Å². The van der Waals surface area contributed by atoms with E-state index in [9.17, 15) is 12.8 Å². The number of sulfonamides is 1. The fourth-order valence-electron chi connectivity index (χ4n) is 1.08. The molecule has 0 aliphatic rings. The molecule has 7 heteroatoms. The van der Waals surface area contributed by atoms with Crippen LogP contribution in [0.2, 0.25) is 0 Å². The van der Waals surface area contributed by atoms with Crippen molar-refractivity contribution in [1.29, 1.82) is 0 Å².